The minimum Gasteiger partial charge on any atom is -0.483 e. The molecule has 4 heteroatoms. The number of halogens is 1. The van der Waals surface area contributed by atoms with Crippen LogP contribution in [0.15, 0.2) is 4.47 Å². The molecular formula is C9H10BrO2S. The number of hydrogen-bond acceptors (Lipinski definition) is 3. The van der Waals surface area contributed by atoms with Crippen LogP contribution >= 0.6 is 27.3 Å². The lowest BCUT2D eigenvalue weighted by molar-refractivity contribution is 0.325. The van der Waals surface area contributed by atoms with Gasteiger partial charge in [-0.3, -0.25) is 4.79 Å². The molecule has 0 unspecified atom stereocenters. The quantitative estimate of drug-likeness (QED) is 0.833. The van der Waals surface area contributed by atoms with Gasteiger partial charge in [-0.15, -0.1) is 0 Å². The van der Waals surface area contributed by atoms with Crippen molar-refractivity contribution in [2.24, 2.45) is 0 Å². The van der Waals surface area contributed by atoms with Crippen molar-refractivity contribution >= 4 is 33.6 Å². The normalized spacial score (nSPS) is 10.1. The molecule has 0 spiro atoms. The van der Waals surface area contributed by atoms with E-state index < -0.39 is 0 Å². The van der Waals surface area contributed by atoms with E-state index in [2.05, 4.69) is 15.9 Å². The highest BCUT2D eigenvalue weighted by atomic mass is 79.9. The van der Waals surface area contributed by atoms with Crippen LogP contribution in [0.4, 0.5) is 0 Å². The monoisotopic (exact) mass is 261 g/mol. The van der Waals surface area contributed by atoms with Crippen molar-refractivity contribution in [1.82, 2.24) is 0 Å². The predicted octanol–water partition coefficient (Wildman–Crippen LogP) is 3.07. The molecule has 0 saturated heterocycles. The van der Waals surface area contributed by atoms with E-state index in [9.17, 15) is 4.79 Å². The second-order valence-electron chi connectivity index (χ2n) is 2.61. The maximum absolute atomic E-state index is 10.5. The summed E-state index contributed by atoms with van der Waals surface area (Å²) in [5.74, 6) is 0. The van der Waals surface area contributed by atoms with Gasteiger partial charge in [-0.2, -0.15) is 0 Å². The van der Waals surface area contributed by atoms with E-state index in [4.69, 9.17) is 4.74 Å². The molecule has 0 bridgehead atoms. The van der Waals surface area contributed by atoms with Crippen molar-refractivity contribution in [1.29, 1.82) is 0 Å². The Morgan fingerprint density at radius 1 is 1.62 bits per heavy atom. The van der Waals surface area contributed by atoms with Crippen molar-refractivity contribution < 1.29 is 9.53 Å². The summed E-state index contributed by atoms with van der Waals surface area (Å²) in [6.07, 6.45) is 2.85. The topological polar surface area (TPSA) is 26.3 Å². The molecule has 71 valence electrons. The average molecular weight is 262 g/mol. The van der Waals surface area contributed by atoms with Gasteiger partial charge < -0.3 is 4.74 Å². The number of hydrogen-bond donors (Lipinski definition) is 0. The van der Waals surface area contributed by atoms with Gasteiger partial charge in [-0.1, -0.05) is 18.3 Å². The van der Waals surface area contributed by atoms with Gasteiger partial charge in [-0.25, -0.2) is 0 Å². The molecule has 0 aliphatic rings. The number of thiophene rings is 1. The van der Waals surface area contributed by atoms with Crippen LogP contribution in [0.1, 0.15) is 23.8 Å². The van der Waals surface area contributed by atoms with Crippen LogP contribution in [0.5, 0.6) is 5.06 Å². The lowest BCUT2D eigenvalue weighted by Gasteiger charge is -2.00. The predicted molar refractivity (Wildman–Crippen MR) is 57.3 cm³/mol. The van der Waals surface area contributed by atoms with Crippen LogP contribution in [0, 0.1) is 6.92 Å². The first kappa shape index (κ1) is 10.7. The second kappa shape index (κ2) is 4.77. The summed E-state index contributed by atoms with van der Waals surface area (Å²) in [7, 11) is 0. The molecule has 0 aliphatic heterocycles. The van der Waals surface area contributed by atoms with Crippen LogP contribution in [-0.2, 0) is 4.79 Å². The molecule has 0 aliphatic carbocycles. The Balaban J connectivity index is 2.89. The van der Waals surface area contributed by atoms with Crippen LogP contribution in [0.2, 0.25) is 0 Å². The second-order valence-corrected chi connectivity index (χ2v) is 4.38. The molecule has 0 amide bonds. The summed E-state index contributed by atoms with van der Waals surface area (Å²) in [6, 6.07) is 0. The van der Waals surface area contributed by atoms with Crippen molar-refractivity contribution in [3.63, 3.8) is 0 Å². The molecule has 1 rings (SSSR count). The lowest BCUT2D eigenvalue weighted by Crippen LogP contribution is -1.92. The third-order valence-electron chi connectivity index (χ3n) is 1.57. The zero-order valence-corrected chi connectivity index (χ0v) is 9.92. The van der Waals surface area contributed by atoms with Gasteiger partial charge in [-0.05, 0) is 34.8 Å². The van der Waals surface area contributed by atoms with Crippen LogP contribution in [0.25, 0.3) is 0 Å². The first-order valence-electron chi connectivity index (χ1n) is 4.00. The van der Waals surface area contributed by atoms with Crippen LogP contribution < -0.4 is 4.74 Å². The number of ether oxygens (including phenoxy) is 1. The van der Waals surface area contributed by atoms with E-state index in [1.165, 1.54) is 11.3 Å². The third-order valence-corrected chi connectivity index (χ3v) is 3.89. The fraction of sp³-hybridized carbons (Fsp3) is 0.444. The molecule has 2 nitrogen and oxygen atoms in total. The number of carbonyl (C=O) groups excluding carboxylic acids is 1. The fourth-order valence-electron chi connectivity index (χ4n) is 0.852. The van der Waals surface area contributed by atoms with E-state index in [1.54, 1.807) is 0 Å². The van der Waals surface area contributed by atoms with Gasteiger partial charge >= 0.3 is 0 Å². The van der Waals surface area contributed by atoms with Crippen molar-refractivity contribution in [3.05, 3.63) is 14.9 Å². The zero-order valence-electron chi connectivity index (χ0n) is 7.52. The van der Waals surface area contributed by atoms with Gasteiger partial charge in [0.2, 0.25) is 6.29 Å². The van der Waals surface area contributed by atoms with E-state index in [1.807, 2.05) is 20.1 Å². The molecular weight excluding hydrogens is 252 g/mol. The van der Waals surface area contributed by atoms with Gasteiger partial charge in [0.15, 0.2) is 5.06 Å². The smallest absolute Gasteiger partial charge is 0.244 e. The molecule has 13 heavy (non-hydrogen) atoms. The highest BCUT2D eigenvalue weighted by molar-refractivity contribution is 9.10. The average Bonchev–Trinajstić information content (AvgIpc) is 2.41. The zero-order chi connectivity index (χ0) is 9.84. The van der Waals surface area contributed by atoms with E-state index >= 15 is 0 Å². The Hall–Kier alpha value is -0.350. The molecule has 0 atom stereocenters. The SMILES string of the molecule is CCCOc1sc([C]=O)c(C)c1Br. The van der Waals surface area contributed by atoms with Crippen molar-refractivity contribution in [2.75, 3.05) is 6.61 Å². The van der Waals surface area contributed by atoms with Crippen molar-refractivity contribution in [2.45, 2.75) is 20.3 Å². The van der Waals surface area contributed by atoms with Crippen LogP contribution in [-0.4, -0.2) is 12.9 Å². The molecule has 1 aromatic heterocycles. The fourth-order valence-corrected chi connectivity index (χ4v) is 2.41. The van der Waals surface area contributed by atoms with Gasteiger partial charge in [0.25, 0.3) is 0 Å². The first-order valence-corrected chi connectivity index (χ1v) is 5.61. The molecule has 1 radical (unpaired) electrons. The largest absolute Gasteiger partial charge is 0.483 e. The summed E-state index contributed by atoms with van der Waals surface area (Å²) in [6.45, 7) is 4.59. The van der Waals surface area contributed by atoms with E-state index in [0.29, 0.717) is 11.5 Å². The van der Waals surface area contributed by atoms with Gasteiger partial charge in [0, 0.05) is 0 Å². The third kappa shape index (κ3) is 2.31. The Morgan fingerprint density at radius 2 is 2.31 bits per heavy atom. The van der Waals surface area contributed by atoms with Gasteiger partial charge in [0.05, 0.1) is 16.0 Å². The minimum atomic E-state index is 0.609. The molecule has 1 heterocycles. The Labute approximate surface area is 90.0 Å². The maximum Gasteiger partial charge on any atom is 0.244 e. The molecule has 0 fully saturated rings. The summed E-state index contributed by atoms with van der Waals surface area (Å²) in [4.78, 5) is 11.1. The van der Waals surface area contributed by atoms with Gasteiger partial charge in [0.1, 0.15) is 0 Å². The van der Waals surface area contributed by atoms with E-state index in [-0.39, 0.29) is 0 Å². The van der Waals surface area contributed by atoms with Crippen LogP contribution in [0.3, 0.4) is 0 Å². The Morgan fingerprint density at radius 3 is 2.77 bits per heavy atom. The summed E-state index contributed by atoms with van der Waals surface area (Å²) in [5, 5.41) is 0.776. The molecule has 0 N–H and O–H groups in total. The van der Waals surface area contributed by atoms with E-state index in [0.717, 1.165) is 21.5 Å². The molecule has 0 saturated carbocycles. The van der Waals surface area contributed by atoms with Crippen molar-refractivity contribution in [3.8, 4) is 5.06 Å². The Kier molecular flexibility index (Phi) is 3.93. The Bertz CT molecular complexity index is 307. The highest BCUT2D eigenvalue weighted by Gasteiger charge is 2.13. The standard InChI is InChI=1S/C9H10BrO2S/c1-3-4-12-9-8(10)6(2)7(5-11)13-9/h3-4H2,1-2H3. The summed E-state index contributed by atoms with van der Waals surface area (Å²) < 4.78 is 6.32. The summed E-state index contributed by atoms with van der Waals surface area (Å²) in [5.41, 5.74) is 0.908. The number of rotatable bonds is 4. The molecule has 0 aromatic carbocycles. The first-order chi connectivity index (χ1) is 6.20. The maximum atomic E-state index is 10.5. The molecule has 1 aromatic rings. The minimum absolute atomic E-state index is 0.609. The highest BCUT2D eigenvalue weighted by Crippen LogP contribution is 2.38. The lowest BCUT2D eigenvalue weighted by atomic mass is 10.3. The summed E-state index contributed by atoms with van der Waals surface area (Å²) >= 11 is 4.71.